The van der Waals surface area contributed by atoms with Crippen molar-refractivity contribution in [3.8, 4) is 0 Å². The molecule has 6 nitrogen and oxygen atoms in total. The van der Waals surface area contributed by atoms with Crippen LogP contribution in [0, 0.1) is 11.8 Å². The molecular weight excluding hydrogens is 272 g/mol. The first-order chi connectivity index (χ1) is 10.1. The summed E-state index contributed by atoms with van der Waals surface area (Å²) >= 11 is 0. The van der Waals surface area contributed by atoms with E-state index in [1.165, 1.54) is 32.8 Å². The summed E-state index contributed by atoms with van der Waals surface area (Å²) in [5.41, 5.74) is 0. The highest BCUT2D eigenvalue weighted by atomic mass is 16.5. The number of likely N-dealkylation sites (tertiary alicyclic amines) is 1. The van der Waals surface area contributed by atoms with E-state index in [2.05, 4.69) is 5.32 Å². The van der Waals surface area contributed by atoms with Crippen LogP contribution >= 0.6 is 0 Å². The summed E-state index contributed by atoms with van der Waals surface area (Å²) in [6.45, 7) is 1.89. The lowest BCUT2D eigenvalue weighted by molar-refractivity contribution is -0.139. The molecular formula is C15H26N2O4. The average molecular weight is 298 g/mol. The maximum absolute atomic E-state index is 12.2. The predicted octanol–water partition coefficient (Wildman–Crippen LogP) is 1.70. The van der Waals surface area contributed by atoms with Crippen LogP contribution in [0.2, 0.25) is 0 Å². The third-order valence-electron chi connectivity index (χ3n) is 4.79. The maximum Gasteiger partial charge on any atom is 0.317 e. The largest absolute Gasteiger partial charge is 0.481 e. The Kier molecular flexibility index (Phi) is 5.85. The molecule has 0 aromatic carbocycles. The summed E-state index contributed by atoms with van der Waals surface area (Å²) in [7, 11) is 1.47. The average Bonchev–Trinajstić information content (AvgIpc) is 2.50. The summed E-state index contributed by atoms with van der Waals surface area (Å²) in [6, 6.07) is -0.0912. The zero-order valence-electron chi connectivity index (χ0n) is 12.7. The van der Waals surface area contributed by atoms with Gasteiger partial charge in [-0.3, -0.25) is 4.79 Å². The van der Waals surface area contributed by atoms with Crippen LogP contribution in [0.15, 0.2) is 0 Å². The van der Waals surface area contributed by atoms with Gasteiger partial charge in [0.05, 0.1) is 12.5 Å². The number of ether oxygens (including phenoxy) is 1. The van der Waals surface area contributed by atoms with Gasteiger partial charge in [0, 0.05) is 26.7 Å². The van der Waals surface area contributed by atoms with Gasteiger partial charge in [0.25, 0.3) is 0 Å². The molecule has 2 aliphatic rings. The topological polar surface area (TPSA) is 78.9 Å². The van der Waals surface area contributed by atoms with Crippen molar-refractivity contribution in [3.05, 3.63) is 0 Å². The molecule has 0 aromatic rings. The van der Waals surface area contributed by atoms with E-state index in [-0.39, 0.29) is 19.0 Å². The van der Waals surface area contributed by atoms with Crippen molar-refractivity contribution in [1.29, 1.82) is 0 Å². The van der Waals surface area contributed by atoms with Crippen LogP contribution in [0.1, 0.15) is 38.5 Å². The molecule has 0 radical (unpaired) electrons. The number of piperidine rings is 1. The second-order valence-electron chi connectivity index (χ2n) is 6.18. The van der Waals surface area contributed by atoms with Crippen molar-refractivity contribution in [2.45, 2.75) is 44.6 Å². The highest BCUT2D eigenvalue weighted by Crippen LogP contribution is 2.35. The number of hydrogen-bond donors (Lipinski definition) is 2. The second-order valence-corrected chi connectivity index (χ2v) is 6.18. The molecule has 2 rings (SSSR count). The SMILES string of the molecule is COC(CNC(=O)N1CCC2CCCCC2C1)CC(=O)O. The normalized spacial score (nSPS) is 26.8. The Hall–Kier alpha value is -1.30. The van der Waals surface area contributed by atoms with Gasteiger partial charge in [0.15, 0.2) is 0 Å². The zero-order chi connectivity index (χ0) is 15.2. The Labute approximate surface area is 125 Å². The van der Waals surface area contributed by atoms with Gasteiger partial charge in [-0.15, -0.1) is 0 Å². The number of urea groups is 1. The van der Waals surface area contributed by atoms with Crippen LogP contribution in [0.5, 0.6) is 0 Å². The number of nitrogens with zero attached hydrogens (tertiary/aromatic N) is 1. The molecule has 3 atom stereocenters. The third kappa shape index (κ3) is 4.59. The lowest BCUT2D eigenvalue weighted by Crippen LogP contribution is -2.50. The van der Waals surface area contributed by atoms with E-state index in [1.807, 2.05) is 4.90 Å². The molecule has 0 bridgehead atoms. The molecule has 1 aliphatic carbocycles. The molecule has 0 spiro atoms. The van der Waals surface area contributed by atoms with Gasteiger partial charge in [-0.05, 0) is 24.7 Å². The smallest absolute Gasteiger partial charge is 0.317 e. The highest BCUT2D eigenvalue weighted by molar-refractivity contribution is 5.74. The van der Waals surface area contributed by atoms with Crippen LogP contribution in [-0.4, -0.2) is 54.9 Å². The summed E-state index contributed by atoms with van der Waals surface area (Å²) < 4.78 is 5.07. The van der Waals surface area contributed by atoms with E-state index < -0.39 is 12.1 Å². The van der Waals surface area contributed by atoms with Crippen LogP contribution in [0.3, 0.4) is 0 Å². The Bertz CT molecular complexity index is 375. The van der Waals surface area contributed by atoms with Gasteiger partial charge in [-0.2, -0.15) is 0 Å². The fourth-order valence-corrected chi connectivity index (χ4v) is 3.53. The Morgan fingerprint density at radius 1 is 1.29 bits per heavy atom. The minimum absolute atomic E-state index is 0.0912. The molecule has 3 unspecified atom stereocenters. The number of carboxylic acids is 1. The monoisotopic (exact) mass is 298 g/mol. The van der Waals surface area contributed by atoms with Crippen molar-refractivity contribution >= 4 is 12.0 Å². The van der Waals surface area contributed by atoms with E-state index in [9.17, 15) is 9.59 Å². The number of carbonyl (C=O) groups excluding carboxylic acids is 1. The van der Waals surface area contributed by atoms with Crippen molar-refractivity contribution in [2.24, 2.45) is 11.8 Å². The summed E-state index contributed by atoms with van der Waals surface area (Å²) in [6.07, 6.45) is 5.68. The van der Waals surface area contributed by atoms with Crippen molar-refractivity contribution < 1.29 is 19.4 Å². The molecule has 0 aromatic heterocycles. The molecule has 1 aliphatic heterocycles. The molecule has 21 heavy (non-hydrogen) atoms. The van der Waals surface area contributed by atoms with Gasteiger partial charge in [-0.1, -0.05) is 19.3 Å². The standard InChI is InChI=1S/C15H26N2O4/c1-21-13(8-14(18)19)9-16-15(20)17-7-6-11-4-2-3-5-12(11)10-17/h11-13H,2-10H2,1H3,(H,16,20)(H,18,19). The second kappa shape index (κ2) is 7.64. The molecule has 2 N–H and O–H groups in total. The van der Waals surface area contributed by atoms with E-state index in [4.69, 9.17) is 9.84 Å². The van der Waals surface area contributed by atoms with Crippen LogP contribution in [-0.2, 0) is 9.53 Å². The van der Waals surface area contributed by atoms with Gasteiger partial charge < -0.3 is 20.1 Å². The van der Waals surface area contributed by atoms with Gasteiger partial charge in [-0.25, -0.2) is 4.79 Å². The molecule has 1 heterocycles. The lowest BCUT2D eigenvalue weighted by Gasteiger charge is -2.41. The number of fused-ring (bicyclic) bond motifs is 1. The Balaban J connectivity index is 1.76. The minimum atomic E-state index is -0.917. The van der Waals surface area contributed by atoms with E-state index in [1.54, 1.807) is 0 Å². The number of carbonyl (C=O) groups is 2. The first kappa shape index (κ1) is 16.1. The van der Waals surface area contributed by atoms with Crippen LogP contribution in [0.4, 0.5) is 4.79 Å². The van der Waals surface area contributed by atoms with Crippen molar-refractivity contribution in [3.63, 3.8) is 0 Å². The zero-order valence-corrected chi connectivity index (χ0v) is 12.7. The number of aliphatic carboxylic acids is 1. The molecule has 120 valence electrons. The van der Waals surface area contributed by atoms with Crippen molar-refractivity contribution in [2.75, 3.05) is 26.7 Å². The molecule has 6 heteroatoms. The molecule has 1 saturated heterocycles. The highest BCUT2D eigenvalue weighted by Gasteiger charge is 2.32. The Morgan fingerprint density at radius 2 is 2.00 bits per heavy atom. The summed E-state index contributed by atoms with van der Waals surface area (Å²) in [5, 5.41) is 11.6. The number of carboxylic acid groups (broad SMARTS) is 1. The third-order valence-corrected chi connectivity index (χ3v) is 4.79. The fourth-order valence-electron chi connectivity index (χ4n) is 3.53. The van der Waals surface area contributed by atoms with Crippen molar-refractivity contribution in [1.82, 2.24) is 10.2 Å². The van der Waals surface area contributed by atoms with E-state index in [0.29, 0.717) is 5.92 Å². The number of amides is 2. The summed E-state index contributed by atoms with van der Waals surface area (Å²) in [4.78, 5) is 24.7. The van der Waals surface area contributed by atoms with Crippen LogP contribution < -0.4 is 5.32 Å². The predicted molar refractivity (Wildman–Crippen MR) is 78.1 cm³/mol. The maximum atomic E-state index is 12.2. The quantitative estimate of drug-likeness (QED) is 0.809. The number of methoxy groups -OCH3 is 1. The lowest BCUT2D eigenvalue weighted by atomic mass is 9.75. The number of rotatable bonds is 5. The van der Waals surface area contributed by atoms with E-state index >= 15 is 0 Å². The molecule has 2 amide bonds. The van der Waals surface area contributed by atoms with E-state index in [0.717, 1.165) is 25.4 Å². The number of nitrogens with one attached hydrogen (secondary N) is 1. The molecule has 2 fully saturated rings. The molecule has 1 saturated carbocycles. The number of hydrogen-bond acceptors (Lipinski definition) is 3. The first-order valence-electron chi connectivity index (χ1n) is 7.87. The Morgan fingerprint density at radius 3 is 2.67 bits per heavy atom. The van der Waals surface area contributed by atoms with Gasteiger partial charge >= 0.3 is 12.0 Å². The van der Waals surface area contributed by atoms with Crippen LogP contribution in [0.25, 0.3) is 0 Å². The summed E-state index contributed by atoms with van der Waals surface area (Å²) in [5.74, 6) is 0.524. The first-order valence-corrected chi connectivity index (χ1v) is 7.87. The minimum Gasteiger partial charge on any atom is -0.481 e. The van der Waals surface area contributed by atoms with Gasteiger partial charge in [0.2, 0.25) is 0 Å². The fraction of sp³-hybridized carbons (Fsp3) is 0.867. The van der Waals surface area contributed by atoms with Gasteiger partial charge in [0.1, 0.15) is 0 Å².